The second-order valence-electron chi connectivity index (χ2n) is 17.8. The van der Waals surface area contributed by atoms with Gasteiger partial charge in [0.1, 0.15) is 24.0 Å². The molecule has 4 atom stereocenters. The normalized spacial score (nSPS) is 17.5. The first kappa shape index (κ1) is 44.2. The van der Waals surface area contributed by atoms with Gasteiger partial charge < -0.3 is 28.6 Å². The highest BCUT2D eigenvalue weighted by atomic mass is 28.4. The minimum absolute atomic E-state index is 0.183. The van der Waals surface area contributed by atoms with E-state index in [1.54, 1.807) is 25.6 Å². The van der Waals surface area contributed by atoms with Gasteiger partial charge in [-0.25, -0.2) is 15.0 Å². The number of carbonyl (C=O) groups excluding carboxylic acids is 2. The van der Waals surface area contributed by atoms with Crippen molar-refractivity contribution < 1.29 is 23.5 Å². The molecule has 11 heteroatoms. The van der Waals surface area contributed by atoms with Crippen LogP contribution in [0, 0.1) is 17.8 Å². The van der Waals surface area contributed by atoms with Crippen LogP contribution in [-0.2, 0) is 19.6 Å². The molecule has 0 unspecified atom stereocenters. The fourth-order valence-corrected chi connectivity index (χ4v) is 14.6. The van der Waals surface area contributed by atoms with Crippen molar-refractivity contribution in [3.05, 3.63) is 211 Å². The third-order valence-corrected chi connectivity index (χ3v) is 18.2. The zero-order valence-corrected chi connectivity index (χ0v) is 38.5. The zero-order valence-electron chi connectivity index (χ0n) is 37.5. The van der Waals surface area contributed by atoms with Crippen LogP contribution in [0.25, 0.3) is 11.2 Å². The molecular formula is C55H53N5O5Si. The second kappa shape index (κ2) is 18.8. The maximum atomic E-state index is 13.8. The van der Waals surface area contributed by atoms with E-state index in [0.717, 1.165) is 39.1 Å². The Labute approximate surface area is 386 Å². The molecule has 0 bridgehead atoms. The van der Waals surface area contributed by atoms with Gasteiger partial charge in [0.15, 0.2) is 17.0 Å². The standard InChI is InChI=1S/C55H53N5O5Si/c1-54(2,3)66(44-26-16-8-17-27-44,45-28-18-9-19-29-45)65-36-48-46(34-61)47(50(48)60-38-58-49-51(56-37-57-52(49)60)59-53(62)39-20-10-5-11-21-39)35-64-55(40-22-12-6-13-23-40,41-24-14-7-15-25-41)42-30-32-43(63-4)33-31-42/h5-34,37-38,46-48,50H,35-36H2,1-4H3,(H,56,57,59,62)/t46-,47-,48+,50+/m1/s1. The molecule has 0 radical (unpaired) electrons. The lowest BCUT2D eigenvalue weighted by Gasteiger charge is -2.53. The zero-order chi connectivity index (χ0) is 45.7. The van der Waals surface area contributed by atoms with Gasteiger partial charge in [-0.3, -0.25) is 4.79 Å². The van der Waals surface area contributed by atoms with E-state index in [4.69, 9.17) is 23.9 Å². The molecule has 0 saturated heterocycles. The summed E-state index contributed by atoms with van der Waals surface area (Å²) in [6.07, 6.45) is 4.26. The number of nitrogens with zero attached hydrogens (tertiary/aromatic N) is 4. The molecule has 10 nitrogen and oxygen atoms in total. The van der Waals surface area contributed by atoms with Crippen LogP contribution >= 0.6 is 0 Å². The Balaban J connectivity index is 1.16. The number of benzene rings is 6. The third-order valence-electron chi connectivity index (χ3n) is 13.2. The Bertz CT molecular complexity index is 2800. The maximum Gasteiger partial charge on any atom is 0.261 e. The van der Waals surface area contributed by atoms with Gasteiger partial charge in [0, 0.05) is 36.0 Å². The van der Waals surface area contributed by atoms with Crippen LogP contribution in [0.2, 0.25) is 5.04 Å². The van der Waals surface area contributed by atoms with E-state index < -0.39 is 19.8 Å². The molecule has 8 aromatic rings. The van der Waals surface area contributed by atoms with E-state index >= 15 is 0 Å². The molecule has 2 heterocycles. The fraction of sp³-hybridized carbons (Fsp3) is 0.218. The number of amides is 1. The molecule has 9 rings (SSSR count). The number of carbonyl (C=O) groups is 2. The molecule has 332 valence electrons. The largest absolute Gasteiger partial charge is 0.497 e. The summed E-state index contributed by atoms with van der Waals surface area (Å²) in [7, 11) is -1.38. The summed E-state index contributed by atoms with van der Waals surface area (Å²) < 4.78 is 22.7. The summed E-state index contributed by atoms with van der Waals surface area (Å²) in [6, 6.07) is 58.0. The lowest BCUT2D eigenvalue weighted by atomic mass is 9.61. The maximum absolute atomic E-state index is 13.8. The molecule has 1 amide bonds. The van der Waals surface area contributed by atoms with Gasteiger partial charge in [-0.2, -0.15) is 0 Å². The number of hydrogen-bond acceptors (Lipinski definition) is 8. The molecule has 1 aliphatic carbocycles. The first-order valence-corrected chi connectivity index (χ1v) is 24.2. The molecule has 1 saturated carbocycles. The number of ether oxygens (including phenoxy) is 2. The van der Waals surface area contributed by atoms with Crippen molar-refractivity contribution in [3.63, 3.8) is 0 Å². The molecular weight excluding hydrogens is 839 g/mol. The van der Waals surface area contributed by atoms with Crippen molar-refractivity contribution in [2.75, 3.05) is 25.6 Å². The van der Waals surface area contributed by atoms with Gasteiger partial charge in [-0.15, -0.1) is 0 Å². The summed E-state index contributed by atoms with van der Waals surface area (Å²) >= 11 is 0. The number of methoxy groups -OCH3 is 1. The number of imidazole rings is 1. The second-order valence-corrected chi connectivity index (χ2v) is 22.1. The van der Waals surface area contributed by atoms with E-state index in [1.807, 2.05) is 95.6 Å². The van der Waals surface area contributed by atoms with Crippen LogP contribution in [0.1, 0.15) is 53.9 Å². The van der Waals surface area contributed by atoms with Crippen molar-refractivity contribution in [1.82, 2.24) is 19.5 Å². The van der Waals surface area contributed by atoms with Crippen LogP contribution in [0.3, 0.4) is 0 Å². The Morgan fingerprint density at radius 1 is 0.667 bits per heavy atom. The summed E-state index contributed by atoms with van der Waals surface area (Å²) in [5, 5.41) is 4.97. The van der Waals surface area contributed by atoms with Crippen molar-refractivity contribution in [2.45, 2.75) is 37.5 Å². The molecule has 2 aromatic heterocycles. The highest BCUT2D eigenvalue weighted by Crippen LogP contribution is 2.52. The summed E-state index contributed by atoms with van der Waals surface area (Å²) in [6.45, 7) is 7.22. The van der Waals surface area contributed by atoms with Gasteiger partial charge in [0.05, 0.1) is 20.0 Å². The van der Waals surface area contributed by atoms with Crippen LogP contribution < -0.4 is 20.4 Å². The van der Waals surface area contributed by atoms with Gasteiger partial charge in [0.2, 0.25) is 0 Å². The minimum Gasteiger partial charge on any atom is -0.497 e. The number of anilines is 1. The highest BCUT2D eigenvalue weighted by molar-refractivity contribution is 6.99. The summed E-state index contributed by atoms with van der Waals surface area (Å²) in [5.41, 5.74) is 3.16. The number of rotatable bonds is 16. The lowest BCUT2D eigenvalue weighted by molar-refractivity contribution is -0.138. The Morgan fingerprint density at radius 3 is 1.71 bits per heavy atom. The Kier molecular flexibility index (Phi) is 12.6. The molecule has 1 aliphatic rings. The molecule has 0 aliphatic heterocycles. The van der Waals surface area contributed by atoms with E-state index in [9.17, 15) is 9.59 Å². The molecule has 66 heavy (non-hydrogen) atoms. The van der Waals surface area contributed by atoms with E-state index in [-0.39, 0.29) is 42.0 Å². The number of nitrogens with one attached hydrogen (secondary N) is 1. The lowest BCUT2D eigenvalue weighted by Crippen LogP contribution is -2.67. The quantitative estimate of drug-likeness (QED) is 0.0580. The summed E-state index contributed by atoms with van der Waals surface area (Å²) in [4.78, 5) is 41.3. The Hall–Kier alpha value is -7.05. The van der Waals surface area contributed by atoms with Crippen molar-refractivity contribution in [1.29, 1.82) is 0 Å². The number of aromatic nitrogens is 4. The van der Waals surface area contributed by atoms with Crippen LogP contribution in [0.4, 0.5) is 5.82 Å². The van der Waals surface area contributed by atoms with Crippen LogP contribution in [0.15, 0.2) is 189 Å². The monoisotopic (exact) mass is 891 g/mol. The van der Waals surface area contributed by atoms with Crippen molar-refractivity contribution in [2.24, 2.45) is 17.8 Å². The fourth-order valence-electron chi connectivity index (χ4n) is 10.0. The molecule has 1 N–H and O–H groups in total. The predicted octanol–water partition coefficient (Wildman–Crippen LogP) is 9.27. The Morgan fingerprint density at radius 2 is 1.18 bits per heavy atom. The van der Waals surface area contributed by atoms with Crippen molar-refractivity contribution in [3.8, 4) is 5.75 Å². The van der Waals surface area contributed by atoms with E-state index in [1.165, 1.54) is 6.33 Å². The van der Waals surface area contributed by atoms with Crippen LogP contribution in [-0.4, -0.2) is 60.4 Å². The summed E-state index contributed by atoms with van der Waals surface area (Å²) in [5.74, 6) is -0.421. The van der Waals surface area contributed by atoms with Gasteiger partial charge >= 0.3 is 0 Å². The highest BCUT2D eigenvalue weighted by Gasteiger charge is 2.56. The average molecular weight is 892 g/mol. The molecule has 0 spiro atoms. The van der Waals surface area contributed by atoms with Gasteiger partial charge in [-0.05, 0) is 56.4 Å². The van der Waals surface area contributed by atoms with Crippen LogP contribution in [0.5, 0.6) is 5.75 Å². The SMILES string of the molecule is COc1ccc(C(OC[C@@H]2[C@@H](C=O)[C@H](CO[Si](c3ccccc3)(c3ccccc3)C(C)(C)C)[C@H]2n2cnc3c(NC(=O)c4ccccc4)ncnc32)(c2ccccc2)c2ccccc2)cc1. The molecule has 1 fully saturated rings. The van der Waals surface area contributed by atoms with Gasteiger partial charge in [0.25, 0.3) is 14.2 Å². The first-order chi connectivity index (χ1) is 32.2. The van der Waals surface area contributed by atoms with E-state index in [0.29, 0.717) is 22.5 Å². The topological polar surface area (TPSA) is 117 Å². The number of aldehydes is 1. The third kappa shape index (κ3) is 8.03. The number of hydrogen-bond donors (Lipinski definition) is 1. The van der Waals surface area contributed by atoms with E-state index in [2.05, 4.69) is 104 Å². The van der Waals surface area contributed by atoms with Crippen molar-refractivity contribution >= 4 is 47.9 Å². The number of fused-ring (bicyclic) bond motifs is 1. The minimum atomic E-state index is -3.03. The average Bonchev–Trinajstić information content (AvgIpc) is 3.78. The van der Waals surface area contributed by atoms with Gasteiger partial charge in [-0.1, -0.05) is 172 Å². The predicted molar refractivity (Wildman–Crippen MR) is 261 cm³/mol. The smallest absolute Gasteiger partial charge is 0.261 e. The first-order valence-electron chi connectivity index (χ1n) is 22.3. The molecule has 6 aromatic carbocycles.